The van der Waals surface area contributed by atoms with Crippen molar-refractivity contribution >= 4 is 5.82 Å². The summed E-state index contributed by atoms with van der Waals surface area (Å²) in [5, 5.41) is 0. The van der Waals surface area contributed by atoms with Gasteiger partial charge in [0.1, 0.15) is 11.9 Å². The van der Waals surface area contributed by atoms with E-state index in [2.05, 4.69) is 20.3 Å². The Bertz CT molecular complexity index is 478. The predicted molar refractivity (Wildman–Crippen MR) is 72.6 cm³/mol. The summed E-state index contributed by atoms with van der Waals surface area (Å²) in [6.45, 7) is 6.77. The Morgan fingerprint density at radius 3 is 3.00 bits per heavy atom. The number of rotatable bonds is 2. The van der Waals surface area contributed by atoms with Crippen molar-refractivity contribution in [2.45, 2.75) is 38.8 Å². The molecule has 1 aromatic heterocycles. The molecule has 0 bridgehead atoms. The van der Waals surface area contributed by atoms with Crippen LogP contribution in [0.3, 0.4) is 0 Å². The zero-order chi connectivity index (χ0) is 13.4. The zero-order valence-corrected chi connectivity index (χ0v) is 11.5. The first-order valence-corrected chi connectivity index (χ1v) is 6.86. The highest BCUT2D eigenvalue weighted by Gasteiger charge is 2.34. The van der Waals surface area contributed by atoms with Crippen molar-refractivity contribution < 1.29 is 4.74 Å². The second kappa shape index (κ2) is 5.03. The number of ether oxygens (including phenoxy) is 1. The number of anilines is 1. The lowest BCUT2D eigenvalue weighted by Gasteiger charge is -2.34. The van der Waals surface area contributed by atoms with Crippen molar-refractivity contribution in [1.82, 2.24) is 14.9 Å². The number of nitrogen functional groups attached to an aromatic ring is 1. The van der Waals surface area contributed by atoms with Crippen LogP contribution in [0.4, 0.5) is 5.82 Å². The van der Waals surface area contributed by atoms with Gasteiger partial charge in [-0.25, -0.2) is 15.8 Å². The summed E-state index contributed by atoms with van der Waals surface area (Å²) in [6, 6.07) is 0.592. The number of hydrogen-bond donors (Lipinski definition) is 2. The Kier molecular flexibility index (Phi) is 3.38. The van der Waals surface area contributed by atoms with E-state index in [1.807, 2.05) is 13.8 Å². The van der Waals surface area contributed by atoms with Crippen LogP contribution >= 0.6 is 0 Å². The molecular formula is C13H21N5O. The van der Waals surface area contributed by atoms with Crippen LogP contribution in [0.15, 0.2) is 0 Å². The van der Waals surface area contributed by atoms with E-state index < -0.39 is 0 Å². The molecule has 2 aliphatic rings. The monoisotopic (exact) mass is 263 g/mol. The summed E-state index contributed by atoms with van der Waals surface area (Å²) in [4.78, 5) is 11.5. The van der Waals surface area contributed by atoms with E-state index in [1.165, 1.54) is 12.8 Å². The Morgan fingerprint density at radius 1 is 1.37 bits per heavy atom. The fraction of sp³-hybridized carbons (Fsp3) is 0.692. The zero-order valence-electron chi connectivity index (χ0n) is 11.5. The van der Waals surface area contributed by atoms with Gasteiger partial charge in [-0.3, -0.25) is 4.90 Å². The minimum absolute atomic E-state index is 0.0410. The Morgan fingerprint density at radius 2 is 2.21 bits per heavy atom. The lowest BCUT2D eigenvalue weighted by Crippen LogP contribution is -2.43. The molecular weight excluding hydrogens is 242 g/mol. The largest absolute Gasteiger partial charge is 0.367 e. The van der Waals surface area contributed by atoms with Gasteiger partial charge in [0.2, 0.25) is 0 Å². The highest BCUT2D eigenvalue weighted by Crippen LogP contribution is 2.29. The van der Waals surface area contributed by atoms with Crippen LogP contribution in [-0.2, 0) is 4.74 Å². The number of aryl methyl sites for hydroxylation is 1. The van der Waals surface area contributed by atoms with Crippen molar-refractivity contribution in [3.8, 4) is 0 Å². The standard InChI is InChI=1S/C13H21N5O/c1-8-9(2)15-13(16-12(8)17-14)11-6-18-5-3-4-10(18)7-19-11/h10-11H,3-7,14H2,1-2H3,(H,15,16,17). The van der Waals surface area contributed by atoms with Gasteiger partial charge in [0.05, 0.1) is 6.61 Å². The number of aromatic nitrogens is 2. The first kappa shape index (κ1) is 12.8. The van der Waals surface area contributed by atoms with Gasteiger partial charge < -0.3 is 10.2 Å². The summed E-state index contributed by atoms with van der Waals surface area (Å²) in [5.74, 6) is 6.94. The summed E-state index contributed by atoms with van der Waals surface area (Å²) in [6.07, 6.45) is 2.47. The first-order chi connectivity index (χ1) is 9.19. The quantitative estimate of drug-likeness (QED) is 0.610. The summed E-state index contributed by atoms with van der Waals surface area (Å²) < 4.78 is 5.94. The van der Waals surface area contributed by atoms with Crippen LogP contribution in [0.2, 0.25) is 0 Å². The molecule has 1 aromatic rings. The predicted octanol–water partition coefficient (Wildman–Crippen LogP) is 0.915. The fourth-order valence-corrected chi connectivity index (χ4v) is 2.91. The molecule has 2 fully saturated rings. The SMILES string of the molecule is Cc1nc(C2CN3CCCC3CO2)nc(NN)c1C. The van der Waals surface area contributed by atoms with Gasteiger partial charge in [-0.2, -0.15) is 0 Å². The molecule has 0 spiro atoms. The van der Waals surface area contributed by atoms with E-state index in [0.717, 1.165) is 36.8 Å². The average molecular weight is 263 g/mol. The lowest BCUT2D eigenvalue weighted by atomic mass is 10.1. The molecule has 3 N–H and O–H groups in total. The van der Waals surface area contributed by atoms with Gasteiger partial charge >= 0.3 is 0 Å². The molecule has 6 nitrogen and oxygen atoms in total. The second-order valence-corrected chi connectivity index (χ2v) is 5.40. The van der Waals surface area contributed by atoms with E-state index in [9.17, 15) is 0 Å². The Labute approximate surface area is 113 Å². The average Bonchev–Trinajstić information content (AvgIpc) is 2.89. The fourth-order valence-electron chi connectivity index (χ4n) is 2.91. The molecule has 104 valence electrons. The molecule has 2 saturated heterocycles. The molecule has 0 aliphatic carbocycles. The normalized spacial score (nSPS) is 27.3. The number of morpholine rings is 1. The molecule has 0 amide bonds. The van der Waals surface area contributed by atoms with Gasteiger partial charge in [0, 0.05) is 23.8 Å². The number of hydrogen-bond acceptors (Lipinski definition) is 6. The number of fused-ring (bicyclic) bond motifs is 1. The molecule has 0 saturated carbocycles. The lowest BCUT2D eigenvalue weighted by molar-refractivity contribution is -0.0541. The first-order valence-electron chi connectivity index (χ1n) is 6.86. The molecule has 2 aliphatic heterocycles. The maximum absolute atomic E-state index is 5.94. The van der Waals surface area contributed by atoms with Gasteiger partial charge in [0.15, 0.2) is 5.82 Å². The Hall–Kier alpha value is -1.24. The number of nitrogens with two attached hydrogens (primary N) is 1. The molecule has 3 rings (SSSR count). The van der Waals surface area contributed by atoms with E-state index >= 15 is 0 Å². The molecule has 6 heteroatoms. The Balaban J connectivity index is 1.84. The second-order valence-electron chi connectivity index (χ2n) is 5.40. The summed E-state index contributed by atoms with van der Waals surface area (Å²) >= 11 is 0. The van der Waals surface area contributed by atoms with E-state index in [4.69, 9.17) is 10.6 Å². The van der Waals surface area contributed by atoms with Crippen LogP contribution in [0.5, 0.6) is 0 Å². The van der Waals surface area contributed by atoms with E-state index in [0.29, 0.717) is 11.9 Å². The molecule has 19 heavy (non-hydrogen) atoms. The minimum Gasteiger partial charge on any atom is -0.367 e. The summed E-state index contributed by atoms with van der Waals surface area (Å²) in [5.41, 5.74) is 4.58. The third kappa shape index (κ3) is 2.31. The number of nitrogens with zero attached hydrogens (tertiary/aromatic N) is 3. The van der Waals surface area contributed by atoms with Crippen molar-refractivity contribution in [2.24, 2.45) is 5.84 Å². The molecule has 2 atom stereocenters. The molecule has 0 aromatic carbocycles. The van der Waals surface area contributed by atoms with E-state index in [1.54, 1.807) is 0 Å². The van der Waals surface area contributed by atoms with Crippen molar-refractivity contribution in [1.29, 1.82) is 0 Å². The molecule has 3 heterocycles. The van der Waals surface area contributed by atoms with Gasteiger partial charge in [-0.15, -0.1) is 0 Å². The van der Waals surface area contributed by atoms with Gasteiger partial charge in [-0.05, 0) is 33.2 Å². The van der Waals surface area contributed by atoms with Crippen molar-refractivity contribution in [2.75, 3.05) is 25.1 Å². The third-order valence-electron chi connectivity index (χ3n) is 4.22. The van der Waals surface area contributed by atoms with Crippen molar-refractivity contribution in [3.63, 3.8) is 0 Å². The maximum Gasteiger partial charge on any atom is 0.161 e. The number of hydrazine groups is 1. The van der Waals surface area contributed by atoms with E-state index in [-0.39, 0.29) is 6.10 Å². The van der Waals surface area contributed by atoms with Crippen molar-refractivity contribution in [3.05, 3.63) is 17.1 Å². The highest BCUT2D eigenvalue weighted by atomic mass is 16.5. The van der Waals surface area contributed by atoms with Crippen LogP contribution in [0.25, 0.3) is 0 Å². The number of nitrogens with one attached hydrogen (secondary N) is 1. The highest BCUT2D eigenvalue weighted by molar-refractivity contribution is 5.44. The van der Waals surface area contributed by atoms with Crippen LogP contribution < -0.4 is 11.3 Å². The third-order valence-corrected chi connectivity index (χ3v) is 4.22. The molecule has 2 unspecified atom stereocenters. The summed E-state index contributed by atoms with van der Waals surface area (Å²) in [7, 11) is 0. The van der Waals surface area contributed by atoms with Crippen LogP contribution in [0, 0.1) is 13.8 Å². The van der Waals surface area contributed by atoms with Crippen LogP contribution in [0.1, 0.15) is 36.0 Å². The topological polar surface area (TPSA) is 76.3 Å². The van der Waals surface area contributed by atoms with Gasteiger partial charge in [0.25, 0.3) is 0 Å². The smallest absolute Gasteiger partial charge is 0.161 e. The van der Waals surface area contributed by atoms with Gasteiger partial charge in [-0.1, -0.05) is 0 Å². The maximum atomic E-state index is 5.94. The van der Waals surface area contributed by atoms with Crippen LogP contribution in [-0.4, -0.2) is 40.6 Å². The minimum atomic E-state index is -0.0410. The molecule has 0 radical (unpaired) electrons.